The number of sulfone groups is 1. The molecule has 2 saturated heterocycles. The van der Waals surface area contributed by atoms with E-state index in [0.29, 0.717) is 19.5 Å². The number of amides is 1. The Morgan fingerprint density at radius 1 is 1.19 bits per heavy atom. The van der Waals surface area contributed by atoms with Crippen LogP contribution in [0.1, 0.15) is 37.0 Å². The molecule has 0 radical (unpaired) electrons. The van der Waals surface area contributed by atoms with Crippen LogP contribution in [0, 0.1) is 11.8 Å². The molecule has 2 aliphatic rings. The lowest BCUT2D eigenvalue weighted by Gasteiger charge is -2.34. The lowest BCUT2D eigenvalue weighted by Crippen LogP contribution is -2.42. The first-order valence-electron chi connectivity index (χ1n) is 10.2. The summed E-state index contributed by atoms with van der Waals surface area (Å²) >= 11 is 0. The van der Waals surface area contributed by atoms with Gasteiger partial charge in [0.25, 0.3) is 5.91 Å². The lowest BCUT2D eigenvalue weighted by atomic mass is 9.94. The Hall–Kier alpha value is -1.98. The molecule has 0 aliphatic carbocycles. The molecule has 0 saturated carbocycles. The summed E-state index contributed by atoms with van der Waals surface area (Å²) in [6.07, 6.45) is 1.29. The molecule has 9 nitrogen and oxygen atoms in total. The van der Waals surface area contributed by atoms with Gasteiger partial charge in [-0.1, -0.05) is 19.9 Å². The van der Waals surface area contributed by atoms with Crippen LogP contribution in [-0.2, 0) is 29.4 Å². The molecule has 0 bridgehead atoms. The van der Waals surface area contributed by atoms with Gasteiger partial charge in [0.2, 0.25) is 10.0 Å². The molecule has 2 fully saturated rings. The summed E-state index contributed by atoms with van der Waals surface area (Å²) in [6.45, 7) is 4.31. The molecule has 31 heavy (non-hydrogen) atoms. The van der Waals surface area contributed by atoms with E-state index in [9.17, 15) is 26.4 Å². The number of carbonyl (C=O) groups is 2. The molecule has 172 valence electrons. The average molecular weight is 473 g/mol. The number of esters is 1. The van der Waals surface area contributed by atoms with E-state index < -0.39 is 44.4 Å². The molecule has 2 heterocycles. The maximum Gasteiger partial charge on any atom is 0.338 e. The predicted octanol–water partition coefficient (Wildman–Crippen LogP) is 0.813. The van der Waals surface area contributed by atoms with Crippen LogP contribution >= 0.6 is 0 Å². The second-order valence-electron chi connectivity index (χ2n) is 8.54. The Bertz CT molecular complexity index is 1040. The van der Waals surface area contributed by atoms with Gasteiger partial charge in [-0.2, -0.15) is 4.31 Å². The Kier molecular flexibility index (Phi) is 7.07. The van der Waals surface area contributed by atoms with Gasteiger partial charge in [0.15, 0.2) is 16.4 Å². The third kappa shape index (κ3) is 6.05. The van der Waals surface area contributed by atoms with Crippen LogP contribution < -0.4 is 5.32 Å². The fraction of sp³-hybridized carbons (Fsp3) is 0.600. The second-order valence-corrected chi connectivity index (χ2v) is 12.7. The van der Waals surface area contributed by atoms with Crippen LogP contribution in [0.2, 0.25) is 0 Å². The average Bonchev–Trinajstić information content (AvgIpc) is 3.03. The minimum absolute atomic E-state index is 0.00358. The number of rotatable bonds is 6. The van der Waals surface area contributed by atoms with Crippen LogP contribution in [0.5, 0.6) is 0 Å². The number of carbonyl (C=O) groups excluding carboxylic acids is 2. The summed E-state index contributed by atoms with van der Waals surface area (Å²) in [6, 6.07) is 5.08. The van der Waals surface area contributed by atoms with Gasteiger partial charge in [0.05, 0.1) is 22.0 Å². The molecule has 3 atom stereocenters. The fourth-order valence-electron chi connectivity index (χ4n) is 4.13. The first-order valence-corrected chi connectivity index (χ1v) is 13.5. The summed E-state index contributed by atoms with van der Waals surface area (Å²) in [5, 5.41) is 2.53. The third-order valence-electron chi connectivity index (χ3n) is 5.47. The van der Waals surface area contributed by atoms with Crippen molar-refractivity contribution >= 4 is 31.7 Å². The smallest absolute Gasteiger partial charge is 0.338 e. The van der Waals surface area contributed by atoms with Gasteiger partial charge in [-0.05, 0) is 42.9 Å². The van der Waals surface area contributed by atoms with Crippen molar-refractivity contribution in [1.29, 1.82) is 0 Å². The monoisotopic (exact) mass is 472 g/mol. The van der Waals surface area contributed by atoms with E-state index in [1.807, 2.05) is 13.8 Å². The zero-order chi connectivity index (χ0) is 22.8. The van der Waals surface area contributed by atoms with Gasteiger partial charge in [0.1, 0.15) is 0 Å². The minimum atomic E-state index is -3.75. The highest BCUT2D eigenvalue weighted by Crippen LogP contribution is 2.27. The van der Waals surface area contributed by atoms with Crippen LogP contribution in [0.3, 0.4) is 0 Å². The quantitative estimate of drug-likeness (QED) is 0.607. The van der Waals surface area contributed by atoms with Crippen molar-refractivity contribution < 1.29 is 31.2 Å². The lowest BCUT2D eigenvalue weighted by molar-refractivity contribution is -0.124. The predicted molar refractivity (Wildman–Crippen MR) is 114 cm³/mol. The number of benzene rings is 1. The summed E-state index contributed by atoms with van der Waals surface area (Å²) in [5.74, 6) is -1.03. The molecule has 0 aromatic heterocycles. The van der Waals surface area contributed by atoms with E-state index in [-0.39, 0.29) is 33.8 Å². The van der Waals surface area contributed by atoms with Crippen molar-refractivity contribution in [3.8, 4) is 0 Å². The van der Waals surface area contributed by atoms with Crippen LogP contribution in [0.4, 0.5) is 0 Å². The number of hydrogen-bond donors (Lipinski definition) is 1. The summed E-state index contributed by atoms with van der Waals surface area (Å²) in [4.78, 5) is 24.3. The van der Waals surface area contributed by atoms with Gasteiger partial charge in [-0.25, -0.2) is 21.6 Å². The van der Waals surface area contributed by atoms with Crippen molar-refractivity contribution in [2.24, 2.45) is 11.8 Å². The van der Waals surface area contributed by atoms with E-state index in [2.05, 4.69) is 5.32 Å². The van der Waals surface area contributed by atoms with E-state index in [4.69, 9.17) is 4.74 Å². The Morgan fingerprint density at radius 3 is 2.48 bits per heavy atom. The van der Waals surface area contributed by atoms with E-state index in [0.717, 1.165) is 6.42 Å². The topological polar surface area (TPSA) is 127 Å². The highest BCUT2D eigenvalue weighted by Gasteiger charge is 2.32. The van der Waals surface area contributed by atoms with Gasteiger partial charge >= 0.3 is 5.97 Å². The summed E-state index contributed by atoms with van der Waals surface area (Å²) < 4.78 is 55.4. The van der Waals surface area contributed by atoms with E-state index in [1.54, 1.807) is 0 Å². The van der Waals surface area contributed by atoms with Crippen LogP contribution in [0.15, 0.2) is 29.2 Å². The second kappa shape index (κ2) is 9.25. The van der Waals surface area contributed by atoms with Gasteiger partial charge in [-0.3, -0.25) is 4.79 Å². The number of sulfonamides is 1. The number of nitrogens with one attached hydrogen (secondary N) is 1. The van der Waals surface area contributed by atoms with Gasteiger partial charge in [-0.15, -0.1) is 0 Å². The number of nitrogens with zero attached hydrogens (tertiary/aromatic N) is 1. The Labute approximate surface area is 183 Å². The maximum absolute atomic E-state index is 13.0. The van der Waals surface area contributed by atoms with Crippen molar-refractivity contribution in [3.05, 3.63) is 29.8 Å². The molecule has 1 aromatic rings. The van der Waals surface area contributed by atoms with Crippen molar-refractivity contribution in [3.63, 3.8) is 0 Å². The fourth-order valence-corrected chi connectivity index (χ4v) is 7.53. The van der Waals surface area contributed by atoms with Crippen molar-refractivity contribution in [1.82, 2.24) is 9.62 Å². The molecule has 2 aliphatic heterocycles. The normalized spacial score (nSPS) is 26.3. The molecule has 1 aromatic carbocycles. The first-order chi connectivity index (χ1) is 14.5. The van der Waals surface area contributed by atoms with Crippen molar-refractivity contribution in [2.75, 3.05) is 31.2 Å². The zero-order valence-corrected chi connectivity index (χ0v) is 19.2. The number of ether oxygens (including phenoxy) is 1. The van der Waals surface area contributed by atoms with Crippen molar-refractivity contribution in [2.45, 2.75) is 37.6 Å². The van der Waals surface area contributed by atoms with E-state index in [1.165, 1.54) is 28.6 Å². The molecule has 3 unspecified atom stereocenters. The third-order valence-corrected chi connectivity index (χ3v) is 9.07. The van der Waals surface area contributed by atoms with E-state index >= 15 is 0 Å². The van der Waals surface area contributed by atoms with Crippen LogP contribution in [0.25, 0.3) is 0 Å². The highest BCUT2D eigenvalue weighted by molar-refractivity contribution is 7.91. The molecule has 11 heteroatoms. The standard InChI is InChI=1S/C20H28N2O7S2/c1-14-8-15(2)11-22(10-14)31(27,28)18-5-3-4-16(9-18)20(24)29-12-19(23)21-17-6-7-30(25,26)13-17/h3-5,9,14-15,17H,6-8,10-13H2,1-2H3,(H,21,23). The van der Waals surface area contributed by atoms with Crippen LogP contribution in [-0.4, -0.2) is 70.3 Å². The SMILES string of the molecule is CC1CC(C)CN(S(=O)(=O)c2cccc(C(=O)OCC(=O)NC3CCS(=O)(=O)C3)c2)C1. The zero-order valence-electron chi connectivity index (χ0n) is 17.6. The largest absolute Gasteiger partial charge is 0.452 e. The minimum Gasteiger partial charge on any atom is -0.452 e. The molecule has 1 N–H and O–H groups in total. The summed E-state index contributed by atoms with van der Waals surface area (Å²) in [7, 11) is -6.89. The molecule has 3 rings (SSSR count). The number of piperidine rings is 1. The molecular weight excluding hydrogens is 444 g/mol. The molecule has 0 spiro atoms. The highest BCUT2D eigenvalue weighted by atomic mass is 32.2. The number of hydrogen-bond acceptors (Lipinski definition) is 7. The molecular formula is C20H28N2O7S2. The first kappa shape index (κ1) is 23.7. The van der Waals surface area contributed by atoms with Gasteiger partial charge < -0.3 is 10.1 Å². The maximum atomic E-state index is 13.0. The Balaban J connectivity index is 1.61. The summed E-state index contributed by atoms with van der Waals surface area (Å²) in [5.41, 5.74) is 0.0235. The molecule has 1 amide bonds. The van der Waals surface area contributed by atoms with Gasteiger partial charge in [0, 0.05) is 19.1 Å². The Morgan fingerprint density at radius 2 is 1.87 bits per heavy atom.